The van der Waals surface area contributed by atoms with E-state index in [1.54, 1.807) is 7.11 Å². The zero-order valence-electron chi connectivity index (χ0n) is 12.5. The summed E-state index contributed by atoms with van der Waals surface area (Å²) in [5, 5.41) is 2.95. The average molecular weight is 277 g/mol. The molecule has 1 saturated heterocycles. The van der Waals surface area contributed by atoms with Crippen LogP contribution < -0.4 is 10.1 Å². The zero-order chi connectivity index (χ0) is 14.5. The van der Waals surface area contributed by atoms with Crippen molar-refractivity contribution in [2.24, 2.45) is 0 Å². The number of methoxy groups -OCH3 is 1. The van der Waals surface area contributed by atoms with Crippen LogP contribution in [0, 0.1) is 13.8 Å². The molecule has 1 heterocycles. The Kier molecular flexibility index (Phi) is 5.01. The van der Waals surface area contributed by atoms with Crippen molar-refractivity contribution in [1.82, 2.24) is 5.32 Å². The lowest BCUT2D eigenvalue weighted by Crippen LogP contribution is -2.32. The molecule has 1 fully saturated rings. The van der Waals surface area contributed by atoms with Crippen LogP contribution >= 0.6 is 0 Å². The molecule has 4 heteroatoms. The largest absolute Gasteiger partial charge is 0.496 e. The van der Waals surface area contributed by atoms with Gasteiger partial charge in [-0.1, -0.05) is 6.07 Å². The number of hydrogen-bond donors (Lipinski definition) is 1. The Morgan fingerprint density at radius 1 is 1.40 bits per heavy atom. The second-order valence-corrected chi connectivity index (χ2v) is 5.36. The first-order valence-electron chi connectivity index (χ1n) is 7.12. The SMILES string of the molecule is COc1cc(C)c(CC(=O)NCC2CCCO2)cc1C. The maximum Gasteiger partial charge on any atom is 0.224 e. The van der Waals surface area contributed by atoms with Crippen LogP contribution in [-0.2, 0) is 16.0 Å². The van der Waals surface area contributed by atoms with E-state index < -0.39 is 0 Å². The lowest BCUT2D eigenvalue weighted by atomic mass is 10.0. The molecule has 1 unspecified atom stereocenters. The quantitative estimate of drug-likeness (QED) is 0.897. The van der Waals surface area contributed by atoms with E-state index in [2.05, 4.69) is 5.32 Å². The van der Waals surface area contributed by atoms with Crippen molar-refractivity contribution in [2.45, 2.75) is 39.2 Å². The van der Waals surface area contributed by atoms with Crippen molar-refractivity contribution in [3.8, 4) is 5.75 Å². The van der Waals surface area contributed by atoms with Crippen molar-refractivity contribution in [2.75, 3.05) is 20.3 Å². The molecule has 1 atom stereocenters. The van der Waals surface area contributed by atoms with Gasteiger partial charge in [0, 0.05) is 13.2 Å². The lowest BCUT2D eigenvalue weighted by Gasteiger charge is -2.13. The van der Waals surface area contributed by atoms with Crippen molar-refractivity contribution in [1.29, 1.82) is 0 Å². The number of hydrogen-bond acceptors (Lipinski definition) is 3. The fourth-order valence-corrected chi connectivity index (χ4v) is 2.53. The Morgan fingerprint density at radius 2 is 2.20 bits per heavy atom. The molecular weight excluding hydrogens is 254 g/mol. The predicted octanol–water partition coefficient (Wildman–Crippen LogP) is 2.15. The molecule has 1 aliphatic rings. The average Bonchev–Trinajstić information content (AvgIpc) is 2.93. The van der Waals surface area contributed by atoms with E-state index in [4.69, 9.17) is 9.47 Å². The van der Waals surface area contributed by atoms with Crippen LogP contribution in [0.15, 0.2) is 12.1 Å². The minimum atomic E-state index is 0.0492. The molecular formula is C16H23NO3. The van der Waals surface area contributed by atoms with Crippen LogP contribution in [-0.4, -0.2) is 32.3 Å². The molecule has 1 aromatic carbocycles. The van der Waals surface area contributed by atoms with Gasteiger partial charge in [0.1, 0.15) is 5.75 Å². The van der Waals surface area contributed by atoms with E-state index >= 15 is 0 Å². The van der Waals surface area contributed by atoms with Crippen LogP contribution in [0.3, 0.4) is 0 Å². The molecule has 0 aliphatic carbocycles. The second kappa shape index (κ2) is 6.75. The normalized spacial score (nSPS) is 18.1. The van der Waals surface area contributed by atoms with Gasteiger partial charge in [-0.05, 0) is 49.4 Å². The Labute approximate surface area is 120 Å². The number of carbonyl (C=O) groups is 1. The summed E-state index contributed by atoms with van der Waals surface area (Å²) in [6, 6.07) is 4.01. The monoisotopic (exact) mass is 277 g/mol. The number of ether oxygens (including phenoxy) is 2. The van der Waals surface area contributed by atoms with Gasteiger partial charge >= 0.3 is 0 Å². The van der Waals surface area contributed by atoms with E-state index in [9.17, 15) is 4.79 Å². The summed E-state index contributed by atoms with van der Waals surface area (Å²) < 4.78 is 10.8. The molecule has 4 nitrogen and oxygen atoms in total. The van der Waals surface area contributed by atoms with Crippen LogP contribution in [0.4, 0.5) is 0 Å². The van der Waals surface area contributed by atoms with Gasteiger partial charge < -0.3 is 14.8 Å². The number of benzene rings is 1. The number of carbonyl (C=O) groups excluding carboxylic acids is 1. The highest BCUT2D eigenvalue weighted by Gasteiger charge is 2.16. The van der Waals surface area contributed by atoms with Crippen LogP contribution in [0.2, 0.25) is 0 Å². The van der Waals surface area contributed by atoms with Gasteiger partial charge in [0.05, 0.1) is 19.6 Å². The Morgan fingerprint density at radius 3 is 2.85 bits per heavy atom. The standard InChI is InChI=1S/C16H23NO3/c1-11-8-15(19-3)12(2)7-13(11)9-16(18)17-10-14-5-4-6-20-14/h7-8,14H,4-6,9-10H2,1-3H3,(H,17,18). The van der Waals surface area contributed by atoms with Crippen molar-refractivity contribution >= 4 is 5.91 Å². The van der Waals surface area contributed by atoms with Gasteiger partial charge in [0.2, 0.25) is 5.91 Å². The molecule has 2 rings (SSSR count). The smallest absolute Gasteiger partial charge is 0.224 e. The summed E-state index contributed by atoms with van der Waals surface area (Å²) in [5.74, 6) is 0.916. The van der Waals surface area contributed by atoms with Gasteiger partial charge in [-0.25, -0.2) is 0 Å². The minimum absolute atomic E-state index is 0.0492. The molecule has 20 heavy (non-hydrogen) atoms. The number of aryl methyl sites for hydroxylation is 2. The van der Waals surface area contributed by atoms with Gasteiger partial charge in [-0.15, -0.1) is 0 Å². The Balaban J connectivity index is 1.91. The molecule has 1 amide bonds. The lowest BCUT2D eigenvalue weighted by molar-refractivity contribution is -0.120. The summed E-state index contributed by atoms with van der Waals surface area (Å²) >= 11 is 0. The summed E-state index contributed by atoms with van der Waals surface area (Å²) in [6.45, 7) is 5.43. The number of nitrogens with one attached hydrogen (secondary N) is 1. The maximum absolute atomic E-state index is 12.0. The molecule has 0 radical (unpaired) electrons. The third kappa shape index (κ3) is 3.73. The highest BCUT2D eigenvalue weighted by Crippen LogP contribution is 2.22. The number of rotatable bonds is 5. The summed E-state index contributed by atoms with van der Waals surface area (Å²) in [5.41, 5.74) is 3.19. The highest BCUT2D eigenvalue weighted by molar-refractivity contribution is 5.79. The predicted molar refractivity (Wildman–Crippen MR) is 78.2 cm³/mol. The van der Waals surface area contributed by atoms with Crippen LogP contribution in [0.25, 0.3) is 0 Å². The topological polar surface area (TPSA) is 47.6 Å². The molecule has 0 bridgehead atoms. The van der Waals surface area contributed by atoms with Gasteiger partial charge in [0.15, 0.2) is 0 Å². The van der Waals surface area contributed by atoms with E-state index in [-0.39, 0.29) is 12.0 Å². The van der Waals surface area contributed by atoms with E-state index in [1.807, 2.05) is 26.0 Å². The fraction of sp³-hybridized carbons (Fsp3) is 0.562. The zero-order valence-corrected chi connectivity index (χ0v) is 12.5. The van der Waals surface area contributed by atoms with E-state index in [1.165, 1.54) is 0 Å². The molecule has 1 aromatic rings. The van der Waals surface area contributed by atoms with Gasteiger partial charge in [0.25, 0.3) is 0 Å². The Hall–Kier alpha value is -1.55. The van der Waals surface area contributed by atoms with Gasteiger partial charge in [-0.2, -0.15) is 0 Å². The first kappa shape index (κ1) is 14.9. The summed E-state index contributed by atoms with van der Waals surface area (Å²) in [6.07, 6.45) is 2.74. The maximum atomic E-state index is 12.0. The van der Waals surface area contributed by atoms with Crippen LogP contribution in [0.5, 0.6) is 5.75 Å². The Bertz CT molecular complexity index is 479. The summed E-state index contributed by atoms with van der Waals surface area (Å²) in [4.78, 5) is 12.0. The van der Waals surface area contributed by atoms with E-state index in [0.717, 1.165) is 41.9 Å². The van der Waals surface area contributed by atoms with Crippen LogP contribution in [0.1, 0.15) is 29.5 Å². The third-order valence-electron chi connectivity index (χ3n) is 3.76. The molecule has 110 valence electrons. The van der Waals surface area contributed by atoms with Crippen molar-refractivity contribution in [3.05, 3.63) is 28.8 Å². The van der Waals surface area contributed by atoms with Crippen molar-refractivity contribution in [3.63, 3.8) is 0 Å². The fourth-order valence-electron chi connectivity index (χ4n) is 2.53. The molecule has 1 N–H and O–H groups in total. The molecule has 0 spiro atoms. The molecule has 0 saturated carbocycles. The van der Waals surface area contributed by atoms with E-state index in [0.29, 0.717) is 13.0 Å². The third-order valence-corrected chi connectivity index (χ3v) is 3.76. The highest BCUT2D eigenvalue weighted by atomic mass is 16.5. The number of amides is 1. The van der Waals surface area contributed by atoms with Crippen molar-refractivity contribution < 1.29 is 14.3 Å². The molecule has 1 aliphatic heterocycles. The summed E-state index contributed by atoms with van der Waals surface area (Å²) in [7, 11) is 1.66. The minimum Gasteiger partial charge on any atom is -0.496 e. The first-order valence-corrected chi connectivity index (χ1v) is 7.12. The second-order valence-electron chi connectivity index (χ2n) is 5.36. The molecule has 0 aromatic heterocycles. The first-order chi connectivity index (χ1) is 9.60. The van der Waals surface area contributed by atoms with Gasteiger partial charge in [-0.3, -0.25) is 4.79 Å².